The van der Waals surface area contributed by atoms with Gasteiger partial charge >= 0.3 is 0 Å². The lowest BCUT2D eigenvalue weighted by molar-refractivity contribution is 0.0628. The molecule has 5 nitrogen and oxygen atoms in total. The Morgan fingerprint density at radius 2 is 1.70 bits per heavy atom. The molecule has 1 saturated heterocycles. The summed E-state index contributed by atoms with van der Waals surface area (Å²) in [7, 11) is 3.06. The van der Waals surface area contributed by atoms with E-state index in [1.807, 2.05) is 30.0 Å². The summed E-state index contributed by atoms with van der Waals surface area (Å²) < 4.78 is 24.1. The smallest absolute Gasteiger partial charge is 0.254 e. The average molecular weight is 372 g/mol. The second-order valence-corrected chi connectivity index (χ2v) is 6.72. The summed E-state index contributed by atoms with van der Waals surface area (Å²) in [5, 5.41) is 0. The molecule has 2 aromatic rings. The highest BCUT2D eigenvalue weighted by molar-refractivity contribution is 5.94. The summed E-state index contributed by atoms with van der Waals surface area (Å²) in [5.74, 6) is 0.643. The zero-order chi connectivity index (χ0) is 19.4. The fourth-order valence-electron chi connectivity index (χ4n) is 3.31. The maximum Gasteiger partial charge on any atom is 0.254 e. The van der Waals surface area contributed by atoms with Crippen molar-refractivity contribution in [3.05, 3.63) is 58.9 Å². The van der Waals surface area contributed by atoms with Crippen LogP contribution in [-0.4, -0.2) is 56.1 Å². The Morgan fingerprint density at radius 1 is 1.00 bits per heavy atom. The molecule has 1 aliphatic rings. The van der Waals surface area contributed by atoms with Gasteiger partial charge in [0, 0.05) is 38.3 Å². The molecule has 6 heteroatoms. The number of aryl methyl sites for hydroxylation is 1. The molecule has 1 aliphatic heterocycles. The van der Waals surface area contributed by atoms with Crippen molar-refractivity contribution in [2.45, 2.75) is 13.5 Å². The normalized spacial score (nSPS) is 14.9. The average Bonchev–Trinajstić information content (AvgIpc) is 2.68. The highest BCUT2D eigenvalue weighted by Gasteiger charge is 2.23. The van der Waals surface area contributed by atoms with Gasteiger partial charge in [0.25, 0.3) is 5.91 Å². The molecule has 0 aliphatic carbocycles. The van der Waals surface area contributed by atoms with E-state index in [1.165, 1.54) is 13.2 Å². The Morgan fingerprint density at radius 3 is 2.33 bits per heavy atom. The van der Waals surface area contributed by atoms with Crippen LogP contribution < -0.4 is 9.47 Å². The molecule has 0 atom stereocenters. The van der Waals surface area contributed by atoms with E-state index in [4.69, 9.17) is 9.47 Å². The first-order valence-electron chi connectivity index (χ1n) is 9.00. The summed E-state index contributed by atoms with van der Waals surface area (Å²) in [6.45, 7) is 5.40. The molecule has 144 valence electrons. The Bertz CT molecular complexity index is 817. The van der Waals surface area contributed by atoms with Crippen LogP contribution in [0.3, 0.4) is 0 Å². The van der Waals surface area contributed by atoms with Gasteiger partial charge in [0.15, 0.2) is 11.6 Å². The van der Waals surface area contributed by atoms with Gasteiger partial charge in [-0.05, 0) is 42.3 Å². The number of carbonyl (C=O) groups is 1. The number of hydrogen-bond acceptors (Lipinski definition) is 4. The molecule has 0 bridgehead atoms. The third kappa shape index (κ3) is 4.39. The molecule has 1 fully saturated rings. The molecule has 0 saturated carbocycles. The van der Waals surface area contributed by atoms with Crippen LogP contribution in [0.5, 0.6) is 11.5 Å². The third-order valence-corrected chi connectivity index (χ3v) is 4.94. The Hall–Kier alpha value is -2.60. The van der Waals surface area contributed by atoms with Crippen molar-refractivity contribution < 1.29 is 18.7 Å². The van der Waals surface area contributed by atoms with Crippen LogP contribution >= 0.6 is 0 Å². The number of nitrogens with zero attached hydrogens (tertiary/aromatic N) is 2. The van der Waals surface area contributed by atoms with Crippen molar-refractivity contribution in [1.29, 1.82) is 0 Å². The van der Waals surface area contributed by atoms with Crippen molar-refractivity contribution >= 4 is 5.91 Å². The van der Waals surface area contributed by atoms with Gasteiger partial charge < -0.3 is 14.4 Å². The van der Waals surface area contributed by atoms with Crippen LogP contribution in [0, 0.1) is 12.7 Å². The first kappa shape index (κ1) is 19.2. The summed E-state index contributed by atoms with van der Waals surface area (Å²) in [5.41, 5.74) is 2.55. The fourth-order valence-corrected chi connectivity index (χ4v) is 3.31. The molecule has 27 heavy (non-hydrogen) atoms. The van der Waals surface area contributed by atoms with Crippen LogP contribution in [0.15, 0.2) is 36.4 Å². The molecular weight excluding hydrogens is 347 g/mol. The highest BCUT2D eigenvalue weighted by Crippen LogP contribution is 2.22. The Balaban J connectivity index is 1.58. The summed E-state index contributed by atoms with van der Waals surface area (Å²) in [6.07, 6.45) is 0. The second kappa shape index (κ2) is 8.39. The predicted octanol–water partition coefficient (Wildman–Crippen LogP) is 3.11. The molecule has 1 amide bonds. The van der Waals surface area contributed by atoms with Crippen LogP contribution in [0.2, 0.25) is 0 Å². The molecule has 0 unspecified atom stereocenters. The molecule has 0 spiro atoms. The molecule has 3 rings (SSSR count). The van der Waals surface area contributed by atoms with E-state index in [0.29, 0.717) is 25.2 Å². The molecule has 0 radical (unpaired) electrons. The van der Waals surface area contributed by atoms with Gasteiger partial charge in [0.2, 0.25) is 0 Å². The standard InChI is InChI=1S/C21H25FN2O3/c1-15-4-6-17(13-20(15)27-3)21(25)24-10-8-23(9-11-24)14-16-5-7-19(26-2)18(22)12-16/h4-7,12-13H,8-11,14H2,1-3H3. The lowest BCUT2D eigenvalue weighted by Gasteiger charge is -2.35. The number of carbonyl (C=O) groups excluding carboxylic acids is 1. The van der Waals surface area contributed by atoms with Crippen molar-refractivity contribution in [3.8, 4) is 11.5 Å². The van der Waals surface area contributed by atoms with E-state index >= 15 is 0 Å². The molecular formula is C21H25FN2O3. The minimum atomic E-state index is -0.350. The van der Waals surface area contributed by atoms with E-state index in [1.54, 1.807) is 19.2 Å². The number of piperazine rings is 1. The van der Waals surface area contributed by atoms with E-state index in [-0.39, 0.29) is 17.5 Å². The quantitative estimate of drug-likeness (QED) is 0.809. The Kier molecular flexibility index (Phi) is 5.96. The largest absolute Gasteiger partial charge is 0.496 e. The van der Waals surface area contributed by atoms with Crippen LogP contribution in [-0.2, 0) is 6.54 Å². The van der Waals surface area contributed by atoms with E-state index in [0.717, 1.165) is 30.0 Å². The van der Waals surface area contributed by atoms with Crippen LogP contribution in [0.25, 0.3) is 0 Å². The van der Waals surface area contributed by atoms with Crippen molar-refractivity contribution in [1.82, 2.24) is 9.80 Å². The molecule has 1 heterocycles. The number of ether oxygens (including phenoxy) is 2. The number of amides is 1. The topological polar surface area (TPSA) is 42.0 Å². The zero-order valence-electron chi connectivity index (χ0n) is 16.0. The van der Waals surface area contributed by atoms with Gasteiger partial charge in [0.1, 0.15) is 5.75 Å². The lowest BCUT2D eigenvalue weighted by atomic mass is 10.1. The zero-order valence-corrected chi connectivity index (χ0v) is 16.0. The highest BCUT2D eigenvalue weighted by atomic mass is 19.1. The molecule has 0 aromatic heterocycles. The monoisotopic (exact) mass is 372 g/mol. The fraction of sp³-hybridized carbons (Fsp3) is 0.381. The van der Waals surface area contributed by atoms with Gasteiger partial charge in [0.05, 0.1) is 14.2 Å². The summed E-state index contributed by atoms with van der Waals surface area (Å²) >= 11 is 0. The van der Waals surface area contributed by atoms with Crippen molar-refractivity contribution in [2.24, 2.45) is 0 Å². The first-order chi connectivity index (χ1) is 13.0. The Labute approximate surface area is 159 Å². The molecule has 2 aromatic carbocycles. The van der Waals surface area contributed by atoms with Crippen LogP contribution in [0.1, 0.15) is 21.5 Å². The van der Waals surface area contributed by atoms with E-state index < -0.39 is 0 Å². The van der Waals surface area contributed by atoms with Gasteiger partial charge in [-0.2, -0.15) is 0 Å². The lowest BCUT2D eigenvalue weighted by Crippen LogP contribution is -2.48. The summed E-state index contributed by atoms with van der Waals surface area (Å²) in [6, 6.07) is 10.6. The maximum absolute atomic E-state index is 13.8. The molecule has 0 N–H and O–H groups in total. The number of benzene rings is 2. The predicted molar refractivity (Wildman–Crippen MR) is 102 cm³/mol. The summed E-state index contributed by atoms with van der Waals surface area (Å²) in [4.78, 5) is 16.8. The number of methoxy groups -OCH3 is 2. The first-order valence-corrected chi connectivity index (χ1v) is 9.00. The number of rotatable bonds is 5. The third-order valence-electron chi connectivity index (χ3n) is 4.94. The van der Waals surface area contributed by atoms with Crippen molar-refractivity contribution in [3.63, 3.8) is 0 Å². The van der Waals surface area contributed by atoms with Crippen molar-refractivity contribution in [2.75, 3.05) is 40.4 Å². The SMILES string of the molecule is COc1cc(C(=O)N2CCN(Cc3ccc(OC)c(F)c3)CC2)ccc1C. The van der Waals surface area contributed by atoms with E-state index in [9.17, 15) is 9.18 Å². The van der Waals surface area contributed by atoms with E-state index in [2.05, 4.69) is 4.90 Å². The van der Waals surface area contributed by atoms with Gasteiger partial charge in [-0.3, -0.25) is 9.69 Å². The second-order valence-electron chi connectivity index (χ2n) is 6.72. The van der Waals surface area contributed by atoms with Gasteiger partial charge in [-0.25, -0.2) is 4.39 Å². The number of hydrogen-bond donors (Lipinski definition) is 0. The van der Waals surface area contributed by atoms with Crippen LogP contribution in [0.4, 0.5) is 4.39 Å². The minimum absolute atomic E-state index is 0.0171. The van der Waals surface area contributed by atoms with Gasteiger partial charge in [-0.15, -0.1) is 0 Å². The maximum atomic E-state index is 13.8. The van der Waals surface area contributed by atoms with Gasteiger partial charge in [-0.1, -0.05) is 12.1 Å². The number of halogens is 1. The minimum Gasteiger partial charge on any atom is -0.496 e.